The van der Waals surface area contributed by atoms with Gasteiger partial charge in [-0.05, 0) is 30.9 Å². The van der Waals surface area contributed by atoms with Gasteiger partial charge in [0.2, 0.25) is 5.91 Å². The van der Waals surface area contributed by atoms with E-state index in [4.69, 9.17) is 4.74 Å². The molecule has 0 atom stereocenters. The molecule has 0 radical (unpaired) electrons. The van der Waals surface area contributed by atoms with Crippen LogP contribution in [-0.4, -0.2) is 24.1 Å². The van der Waals surface area contributed by atoms with Crippen molar-refractivity contribution in [3.8, 4) is 0 Å². The Morgan fingerprint density at radius 3 is 3.00 bits per heavy atom. The molecular formula is C12H15BrN2O2. The van der Waals surface area contributed by atoms with Crippen LogP contribution in [0.5, 0.6) is 0 Å². The average molecular weight is 299 g/mol. The predicted molar refractivity (Wildman–Crippen MR) is 68.7 cm³/mol. The summed E-state index contributed by atoms with van der Waals surface area (Å²) in [4.78, 5) is 15.9. The second-order valence-corrected chi connectivity index (χ2v) is 5.08. The lowest BCUT2D eigenvalue weighted by Crippen LogP contribution is -2.22. The van der Waals surface area contributed by atoms with Crippen LogP contribution in [0.2, 0.25) is 0 Å². The van der Waals surface area contributed by atoms with Crippen LogP contribution < -0.4 is 5.32 Å². The quantitative estimate of drug-likeness (QED) is 0.933. The minimum atomic E-state index is 0.0301. The Hall–Kier alpha value is -0.940. The van der Waals surface area contributed by atoms with Crippen molar-refractivity contribution in [2.75, 3.05) is 18.5 Å². The zero-order valence-electron chi connectivity index (χ0n) is 9.49. The molecule has 4 nitrogen and oxygen atoms in total. The van der Waals surface area contributed by atoms with Crippen molar-refractivity contribution in [2.45, 2.75) is 19.3 Å². The monoisotopic (exact) mass is 298 g/mol. The molecule has 1 N–H and O–H groups in total. The first-order chi connectivity index (χ1) is 8.24. The molecule has 0 saturated carbocycles. The molecule has 0 aliphatic carbocycles. The Balaban J connectivity index is 1.84. The third-order valence-electron chi connectivity index (χ3n) is 2.80. The second-order valence-electron chi connectivity index (χ2n) is 4.17. The number of amides is 1. The predicted octanol–water partition coefficient (Wildman–Crippen LogP) is 2.60. The van der Waals surface area contributed by atoms with Crippen molar-refractivity contribution in [2.24, 2.45) is 5.92 Å². The molecule has 1 aliphatic rings. The van der Waals surface area contributed by atoms with Crippen molar-refractivity contribution in [3.05, 3.63) is 22.8 Å². The number of aromatic nitrogens is 1. The second kappa shape index (κ2) is 6.12. The summed E-state index contributed by atoms with van der Waals surface area (Å²) < 4.78 is 6.18. The first-order valence-electron chi connectivity index (χ1n) is 5.73. The summed E-state index contributed by atoms with van der Waals surface area (Å²) in [7, 11) is 0. The number of pyridine rings is 1. The molecule has 1 aromatic rings. The normalized spacial score (nSPS) is 16.8. The van der Waals surface area contributed by atoms with E-state index in [0.717, 1.165) is 30.5 Å². The molecular weight excluding hydrogens is 284 g/mol. The largest absolute Gasteiger partial charge is 0.381 e. The maximum atomic E-state index is 11.8. The van der Waals surface area contributed by atoms with E-state index in [0.29, 0.717) is 18.2 Å². The number of rotatable bonds is 3. The molecule has 0 bridgehead atoms. The third-order valence-corrected chi connectivity index (χ3v) is 3.30. The summed E-state index contributed by atoms with van der Waals surface area (Å²) in [6.45, 7) is 1.54. The Kier molecular flexibility index (Phi) is 4.50. The van der Waals surface area contributed by atoms with Gasteiger partial charge in [0.1, 0.15) is 5.82 Å². The van der Waals surface area contributed by atoms with Crippen molar-refractivity contribution in [1.82, 2.24) is 4.98 Å². The molecule has 1 saturated heterocycles. The average Bonchev–Trinajstić information content (AvgIpc) is 2.30. The minimum absolute atomic E-state index is 0.0301. The van der Waals surface area contributed by atoms with Gasteiger partial charge in [0.15, 0.2) is 0 Å². The van der Waals surface area contributed by atoms with Gasteiger partial charge in [-0.2, -0.15) is 0 Å². The topological polar surface area (TPSA) is 51.2 Å². The third kappa shape index (κ3) is 4.09. The summed E-state index contributed by atoms with van der Waals surface area (Å²) in [5.41, 5.74) is 0. The molecule has 1 amide bonds. The van der Waals surface area contributed by atoms with Gasteiger partial charge >= 0.3 is 0 Å². The minimum Gasteiger partial charge on any atom is -0.381 e. The summed E-state index contributed by atoms with van der Waals surface area (Å²) in [5.74, 6) is 1.06. The van der Waals surface area contributed by atoms with Crippen LogP contribution in [0.3, 0.4) is 0 Å². The lowest BCUT2D eigenvalue weighted by molar-refractivity contribution is -0.117. The zero-order valence-corrected chi connectivity index (χ0v) is 11.1. The first-order valence-corrected chi connectivity index (χ1v) is 6.52. The van der Waals surface area contributed by atoms with Crippen molar-refractivity contribution < 1.29 is 9.53 Å². The van der Waals surface area contributed by atoms with E-state index in [1.807, 2.05) is 6.07 Å². The van der Waals surface area contributed by atoms with Crippen LogP contribution in [0.1, 0.15) is 19.3 Å². The Morgan fingerprint density at radius 2 is 2.29 bits per heavy atom. The first kappa shape index (κ1) is 12.5. The number of nitrogens with zero attached hydrogens (tertiary/aromatic N) is 1. The molecule has 0 spiro atoms. The highest BCUT2D eigenvalue weighted by molar-refractivity contribution is 9.10. The molecule has 1 aliphatic heterocycles. The fourth-order valence-electron chi connectivity index (χ4n) is 1.88. The smallest absolute Gasteiger partial charge is 0.225 e. The van der Waals surface area contributed by atoms with Gasteiger partial charge in [-0.25, -0.2) is 4.98 Å². The lowest BCUT2D eigenvalue weighted by Gasteiger charge is -2.21. The van der Waals surface area contributed by atoms with Crippen LogP contribution in [0, 0.1) is 5.92 Å². The maximum absolute atomic E-state index is 11.8. The molecule has 1 aromatic heterocycles. The van der Waals surface area contributed by atoms with E-state index < -0.39 is 0 Å². The van der Waals surface area contributed by atoms with E-state index in [1.54, 1.807) is 12.3 Å². The van der Waals surface area contributed by atoms with E-state index in [1.165, 1.54) is 0 Å². The van der Waals surface area contributed by atoms with Crippen LogP contribution in [0.25, 0.3) is 0 Å². The number of hydrogen-bond donors (Lipinski definition) is 1. The van der Waals surface area contributed by atoms with Gasteiger partial charge in [-0.15, -0.1) is 0 Å². The Labute approximate surface area is 109 Å². The van der Waals surface area contributed by atoms with Gasteiger partial charge in [0, 0.05) is 30.3 Å². The number of carbonyl (C=O) groups excluding carboxylic acids is 1. The summed E-state index contributed by atoms with van der Waals surface area (Å²) >= 11 is 3.34. The van der Waals surface area contributed by atoms with Crippen molar-refractivity contribution in [3.63, 3.8) is 0 Å². The fraction of sp³-hybridized carbons (Fsp3) is 0.500. The molecule has 0 unspecified atom stereocenters. The number of carbonyl (C=O) groups is 1. The van der Waals surface area contributed by atoms with Gasteiger partial charge in [-0.1, -0.05) is 15.9 Å². The number of halogens is 1. The highest BCUT2D eigenvalue weighted by atomic mass is 79.9. The van der Waals surface area contributed by atoms with Gasteiger partial charge in [0.05, 0.1) is 0 Å². The van der Waals surface area contributed by atoms with E-state index in [-0.39, 0.29) is 5.91 Å². The van der Waals surface area contributed by atoms with Gasteiger partial charge in [0.25, 0.3) is 0 Å². The Bertz CT molecular complexity index is 392. The SMILES string of the molecule is O=C(CC1CCOCC1)Nc1cc(Br)ccn1. The molecule has 2 rings (SSSR count). The number of anilines is 1. The highest BCUT2D eigenvalue weighted by Gasteiger charge is 2.17. The number of ether oxygens (including phenoxy) is 1. The molecule has 5 heteroatoms. The summed E-state index contributed by atoms with van der Waals surface area (Å²) in [5, 5.41) is 2.81. The van der Waals surface area contributed by atoms with Crippen LogP contribution in [-0.2, 0) is 9.53 Å². The van der Waals surface area contributed by atoms with E-state index >= 15 is 0 Å². The maximum Gasteiger partial charge on any atom is 0.225 e. The zero-order chi connectivity index (χ0) is 12.1. The molecule has 17 heavy (non-hydrogen) atoms. The summed E-state index contributed by atoms with van der Waals surface area (Å²) in [6, 6.07) is 3.62. The van der Waals surface area contributed by atoms with E-state index in [9.17, 15) is 4.79 Å². The molecule has 1 fully saturated rings. The molecule has 0 aromatic carbocycles. The van der Waals surface area contributed by atoms with Gasteiger partial charge < -0.3 is 10.1 Å². The van der Waals surface area contributed by atoms with Crippen LogP contribution in [0.4, 0.5) is 5.82 Å². The van der Waals surface area contributed by atoms with Gasteiger partial charge in [-0.3, -0.25) is 4.79 Å². The Morgan fingerprint density at radius 1 is 1.53 bits per heavy atom. The van der Waals surface area contributed by atoms with Crippen molar-refractivity contribution in [1.29, 1.82) is 0 Å². The summed E-state index contributed by atoms with van der Waals surface area (Å²) in [6.07, 6.45) is 4.16. The van der Waals surface area contributed by atoms with E-state index in [2.05, 4.69) is 26.2 Å². The number of hydrogen-bond acceptors (Lipinski definition) is 3. The fourth-order valence-corrected chi connectivity index (χ4v) is 2.21. The standard InChI is InChI=1S/C12H15BrN2O2/c13-10-1-4-14-11(8-10)15-12(16)7-9-2-5-17-6-3-9/h1,4,8-9H,2-3,5-7H2,(H,14,15,16). The van der Waals surface area contributed by atoms with Crippen molar-refractivity contribution >= 4 is 27.7 Å². The van der Waals surface area contributed by atoms with Crippen LogP contribution >= 0.6 is 15.9 Å². The number of nitrogens with one attached hydrogen (secondary N) is 1. The lowest BCUT2D eigenvalue weighted by atomic mass is 9.96. The molecule has 92 valence electrons. The molecule has 2 heterocycles. The van der Waals surface area contributed by atoms with Crippen LogP contribution in [0.15, 0.2) is 22.8 Å². The highest BCUT2D eigenvalue weighted by Crippen LogP contribution is 2.19.